The van der Waals surface area contributed by atoms with Gasteiger partial charge in [-0.15, -0.1) is 11.3 Å². The molecule has 0 fully saturated rings. The van der Waals surface area contributed by atoms with Crippen LogP contribution in [-0.4, -0.2) is 4.98 Å². The van der Waals surface area contributed by atoms with Gasteiger partial charge in [-0.1, -0.05) is 31.4 Å². The molecule has 1 aromatic carbocycles. The first-order chi connectivity index (χ1) is 9.93. The van der Waals surface area contributed by atoms with Crippen LogP contribution >= 0.6 is 11.3 Å². The number of pyridine rings is 1. The minimum atomic E-state index is -4.37. The molecule has 0 bridgehead atoms. The van der Waals surface area contributed by atoms with E-state index in [9.17, 15) is 13.2 Å². The fourth-order valence-corrected chi connectivity index (χ4v) is 3.54. The van der Waals surface area contributed by atoms with E-state index in [0.29, 0.717) is 22.0 Å². The van der Waals surface area contributed by atoms with Crippen LogP contribution in [0.15, 0.2) is 49.7 Å². The van der Waals surface area contributed by atoms with Crippen molar-refractivity contribution in [2.75, 3.05) is 0 Å². The molecule has 0 N–H and O–H groups in total. The summed E-state index contributed by atoms with van der Waals surface area (Å²) in [6, 6.07) is 5.93. The number of halogens is 3. The lowest BCUT2D eigenvalue weighted by Crippen LogP contribution is -2.04. The summed E-state index contributed by atoms with van der Waals surface area (Å²) >= 11 is 1.12. The van der Waals surface area contributed by atoms with Crippen molar-refractivity contribution in [2.45, 2.75) is 6.18 Å². The summed E-state index contributed by atoms with van der Waals surface area (Å²) < 4.78 is 40.4. The lowest BCUT2D eigenvalue weighted by atomic mass is 10.0. The predicted molar refractivity (Wildman–Crippen MR) is 81.4 cm³/mol. The smallest absolute Gasteiger partial charge is 0.256 e. The molecular weight excluding hydrogens is 295 g/mol. The monoisotopic (exact) mass is 305 g/mol. The number of alkyl halides is 3. The van der Waals surface area contributed by atoms with Crippen molar-refractivity contribution in [1.82, 2.24) is 4.98 Å². The number of hydrogen-bond donors (Lipinski definition) is 0. The van der Waals surface area contributed by atoms with E-state index in [1.54, 1.807) is 24.4 Å². The molecule has 1 nitrogen and oxygen atoms in total. The third-order valence-electron chi connectivity index (χ3n) is 3.27. The van der Waals surface area contributed by atoms with Crippen LogP contribution in [-0.2, 0) is 6.18 Å². The van der Waals surface area contributed by atoms with E-state index in [4.69, 9.17) is 0 Å². The molecular formula is C16H10F3NS. The quantitative estimate of drug-likeness (QED) is 0.556. The Bertz CT molecular complexity index is 874. The van der Waals surface area contributed by atoms with E-state index < -0.39 is 11.7 Å². The van der Waals surface area contributed by atoms with Crippen LogP contribution in [0.2, 0.25) is 0 Å². The van der Waals surface area contributed by atoms with E-state index in [0.717, 1.165) is 22.1 Å². The summed E-state index contributed by atoms with van der Waals surface area (Å²) in [5, 5.41) is 1.25. The van der Waals surface area contributed by atoms with Crippen molar-refractivity contribution < 1.29 is 13.2 Å². The minimum Gasteiger partial charge on any atom is -0.256 e. The summed E-state index contributed by atoms with van der Waals surface area (Å²) in [6.45, 7) is 7.50. The Labute approximate surface area is 123 Å². The highest BCUT2D eigenvalue weighted by molar-refractivity contribution is 7.26. The van der Waals surface area contributed by atoms with Gasteiger partial charge in [0.1, 0.15) is 0 Å². The third-order valence-corrected chi connectivity index (χ3v) is 4.47. The zero-order valence-corrected chi connectivity index (χ0v) is 11.7. The molecule has 3 rings (SSSR count). The van der Waals surface area contributed by atoms with E-state index in [1.807, 2.05) is 0 Å². The standard InChI is InChI=1S/C16H10F3NS/c1-3-9(2)14-13-10-5-4-6-11(16(17,18)19)15(10)21-12(13)7-8-20-14/h3-8H,1-2H2. The topological polar surface area (TPSA) is 12.9 Å². The summed E-state index contributed by atoms with van der Waals surface area (Å²) in [4.78, 5) is 4.25. The molecule has 0 aliphatic heterocycles. The van der Waals surface area contributed by atoms with Gasteiger partial charge >= 0.3 is 6.18 Å². The SMILES string of the molecule is C=CC(=C)c1nccc2sc3c(C(F)(F)F)cccc3c12. The Morgan fingerprint density at radius 2 is 2.00 bits per heavy atom. The van der Waals surface area contributed by atoms with Crippen LogP contribution in [0.4, 0.5) is 13.2 Å². The molecule has 0 saturated heterocycles. The van der Waals surface area contributed by atoms with E-state index in [1.165, 1.54) is 6.07 Å². The van der Waals surface area contributed by atoms with Crippen molar-refractivity contribution >= 4 is 37.1 Å². The molecule has 0 saturated carbocycles. The molecule has 0 radical (unpaired) electrons. The Morgan fingerprint density at radius 1 is 1.24 bits per heavy atom. The zero-order chi connectivity index (χ0) is 15.2. The highest BCUT2D eigenvalue weighted by atomic mass is 32.1. The average Bonchev–Trinajstić information content (AvgIpc) is 2.83. The van der Waals surface area contributed by atoms with Crippen LogP contribution in [0.25, 0.3) is 25.7 Å². The second-order valence-corrected chi connectivity index (χ2v) is 5.60. The van der Waals surface area contributed by atoms with Crippen LogP contribution in [0.5, 0.6) is 0 Å². The van der Waals surface area contributed by atoms with E-state index >= 15 is 0 Å². The fourth-order valence-electron chi connectivity index (χ4n) is 2.31. The number of hydrogen-bond acceptors (Lipinski definition) is 2. The summed E-state index contributed by atoms with van der Waals surface area (Å²) in [7, 11) is 0. The normalized spacial score (nSPS) is 12.0. The van der Waals surface area contributed by atoms with Crippen molar-refractivity contribution in [3.63, 3.8) is 0 Å². The summed E-state index contributed by atoms with van der Waals surface area (Å²) in [5.74, 6) is 0. The van der Waals surface area contributed by atoms with Crippen LogP contribution in [0.1, 0.15) is 11.3 Å². The molecule has 0 amide bonds. The van der Waals surface area contributed by atoms with Gasteiger partial charge in [0.25, 0.3) is 0 Å². The predicted octanol–water partition coefficient (Wildman–Crippen LogP) is 5.67. The van der Waals surface area contributed by atoms with Crippen molar-refractivity contribution in [2.24, 2.45) is 0 Å². The molecule has 2 aromatic heterocycles. The molecule has 5 heteroatoms. The van der Waals surface area contributed by atoms with E-state index in [-0.39, 0.29) is 4.70 Å². The maximum atomic E-state index is 13.1. The van der Waals surface area contributed by atoms with Crippen molar-refractivity contribution in [3.05, 3.63) is 61.0 Å². The molecule has 0 spiro atoms. The number of thiophene rings is 1. The molecule has 3 aromatic rings. The van der Waals surface area contributed by atoms with Gasteiger partial charge in [-0.2, -0.15) is 13.2 Å². The lowest BCUT2D eigenvalue weighted by molar-refractivity contribution is -0.136. The first-order valence-corrected chi connectivity index (χ1v) is 6.94. The highest BCUT2D eigenvalue weighted by Gasteiger charge is 2.33. The Hall–Kier alpha value is -2.14. The molecule has 106 valence electrons. The first-order valence-electron chi connectivity index (χ1n) is 6.12. The van der Waals surface area contributed by atoms with Crippen molar-refractivity contribution in [3.8, 4) is 0 Å². The number of benzene rings is 1. The van der Waals surface area contributed by atoms with Gasteiger partial charge in [-0.3, -0.25) is 4.98 Å². The van der Waals surface area contributed by atoms with Gasteiger partial charge in [0.05, 0.1) is 11.3 Å². The first kappa shape index (κ1) is 13.8. The maximum Gasteiger partial charge on any atom is 0.417 e. The maximum absolute atomic E-state index is 13.1. The molecule has 2 heterocycles. The van der Waals surface area contributed by atoms with Crippen LogP contribution in [0.3, 0.4) is 0 Å². The number of rotatable bonds is 2. The van der Waals surface area contributed by atoms with Gasteiger partial charge in [0.15, 0.2) is 0 Å². The second kappa shape index (κ2) is 4.70. The van der Waals surface area contributed by atoms with Gasteiger partial charge in [0, 0.05) is 26.4 Å². The number of nitrogens with zero attached hydrogens (tertiary/aromatic N) is 1. The summed E-state index contributed by atoms with van der Waals surface area (Å²) in [6.07, 6.45) is -1.24. The Kier molecular flexibility index (Phi) is 3.10. The minimum absolute atomic E-state index is 0.228. The molecule has 0 aliphatic rings. The fraction of sp³-hybridized carbons (Fsp3) is 0.0625. The van der Waals surface area contributed by atoms with Gasteiger partial charge in [0.2, 0.25) is 0 Å². The largest absolute Gasteiger partial charge is 0.417 e. The van der Waals surface area contributed by atoms with Crippen LogP contribution < -0.4 is 0 Å². The average molecular weight is 305 g/mol. The number of allylic oxidation sites excluding steroid dienone is 2. The van der Waals surface area contributed by atoms with Crippen molar-refractivity contribution in [1.29, 1.82) is 0 Å². The highest BCUT2D eigenvalue weighted by Crippen LogP contribution is 2.43. The second-order valence-electron chi connectivity index (χ2n) is 4.54. The molecule has 0 aliphatic carbocycles. The Balaban J connectivity index is 2.48. The van der Waals surface area contributed by atoms with Gasteiger partial charge in [-0.05, 0) is 17.7 Å². The van der Waals surface area contributed by atoms with Gasteiger partial charge < -0.3 is 0 Å². The molecule has 0 atom stereocenters. The number of aromatic nitrogens is 1. The van der Waals surface area contributed by atoms with Gasteiger partial charge in [-0.25, -0.2) is 0 Å². The number of fused-ring (bicyclic) bond motifs is 3. The zero-order valence-electron chi connectivity index (χ0n) is 10.9. The lowest BCUT2D eigenvalue weighted by Gasteiger charge is -2.07. The molecule has 0 unspecified atom stereocenters. The van der Waals surface area contributed by atoms with E-state index in [2.05, 4.69) is 18.1 Å². The summed E-state index contributed by atoms with van der Waals surface area (Å²) in [5.41, 5.74) is 0.558. The van der Waals surface area contributed by atoms with Crippen LogP contribution in [0, 0.1) is 0 Å². The third kappa shape index (κ3) is 2.14. The molecule has 21 heavy (non-hydrogen) atoms. The Morgan fingerprint density at radius 3 is 2.67 bits per heavy atom.